The van der Waals surface area contributed by atoms with E-state index in [1.165, 1.54) is 11.1 Å². The third-order valence-corrected chi connectivity index (χ3v) is 6.62. The monoisotopic (exact) mass is 427 g/mol. The van der Waals surface area contributed by atoms with Crippen LogP contribution in [0.25, 0.3) is 0 Å². The number of nitrogens with zero attached hydrogens (tertiary/aromatic N) is 3. The molecule has 1 amide bonds. The Hall–Kier alpha value is -3.02. The van der Waals surface area contributed by atoms with E-state index in [4.69, 9.17) is 4.74 Å². The Morgan fingerprint density at radius 2 is 1.88 bits per heavy atom. The van der Waals surface area contributed by atoms with Gasteiger partial charge in [-0.05, 0) is 29.7 Å². The Kier molecular flexibility index (Phi) is 5.77. The summed E-state index contributed by atoms with van der Waals surface area (Å²) in [5, 5.41) is 0. The number of aryl methyl sites for hydroxylation is 1. The summed E-state index contributed by atoms with van der Waals surface area (Å²) in [6, 6.07) is 22.8. The van der Waals surface area contributed by atoms with Crippen LogP contribution < -0.4 is 0 Å². The van der Waals surface area contributed by atoms with Crippen molar-refractivity contribution in [3.05, 3.63) is 101 Å². The quantitative estimate of drug-likeness (QED) is 0.622. The minimum Gasteiger partial charge on any atom is -0.361 e. The van der Waals surface area contributed by atoms with Crippen LogP contribution >= 0.6 is 0 Å². The summed E-state index contributed by atoms with van der Waals surface area (Å²) < 4.78 is 6.40. The lowest BCUT2D eigenvalue weighted by atomic mass is 9.83. The molecular formula is C27H29N3O2. The number of carbonyl (C=O) groups is 1. The van der Waals surface area contributed by atoms with E-state index < -0.39 is 5.60 Å². The van der Waals surface area contributed by atoms with Crippen LogP contribution in [0.2, 0.25) is 0 Å². The minimum atomic E-state index is -0.875. The average Bonchev–Trinajstić information content (AvgIpc) is 3.17. The van der Waals surface area contributed by atoms with Crippen LogP contribution in [0.5, 0.6) is 0 Å². The van der Waals surface area contributed by atoms with Crippen molar-refractivity contribution in [3.8, 4) is 0 Å². The lowest BCUT2D eigenvalue weighted by Crippen LogP contribution is -2.59. The molecule has 2 fully saturated rings. The van der Waals surface area contributed by atoms with E-state index in [2.05, 4.69) is 59.3 Å². The predicted octanol–water partition coefficient (Wildman–Crippen LogP) is 3.79. The molecule has 0 aliphatic carbocycles. The van der Waals surface area contributed by atoms with Crippen LogP contribution in [0.1, 0.15) is 28.2 Å². The van der Waals surface area contributed by atoms with E-state index in [9.17, 15) is 4.79 Å². The van der Waals surface area contributed by atoms with Crippen LogP contribution in [-0.2, 0) is 22.6 Å². The minimum absolute atomic E-state index is 0.0490. The molecule has 2 aliphatic heterocycles. The summed E-state index contributed by atoms with van der Waals surface area (Å²) in [4.78, 5) is 22.6. The Bertz CT molecular complexity index is 1070. The molecule has 2 atom stereocenters. The molecule has 1 spiro atoms. The van der Waals surface area contributed by atoms with Gasteiger partial charge in [-0.15, -0.1) is 0 Å². The molecule has 2 saturated heterocycles. The molecule has 3 aromatic rings. The van der Waals surface area contributed by atoms with E-state index >= 15 is 0 Å². The third-order valence-electron chi connectivity index (χ3n) is 6.62. The van der Waals surface area contributed by atoms with E-state index in [1.807, 2.05) is 35.4 Å². The largest absolute Gasteiger partial charge is 0.361 e. The molecule has 0 bridgehead atoms. The lowest BCUT2D eigenvalue weighted by molar-refractivity contribution is -0.173. The SMILES string of the molecule is Cc1cccc(CN2C[C@@H](c3cccnc3)[C@]3(C2)OCCN(Cc2ccccc2)C3=O)c1. The zero-order valence-corrected chi connectivity index (χ0v) is 18.5. The molecule has 5 nitrogen and oxygen atoms in total. The number of carbonyl (C=O) groups excluding carboxylic acids is 1. The van der Waals surface area contributed by atoms with Gasteiger partial charge in [-0.2, -0.15) is 0 Å². The van der Waals surface area contributed by atoms with Crippen molar-refractivity contribution >= 4 is 5.91 Å². The molecule has 0 unspecified atom stereocenters. The number of benzene rings is 2. The van der Waals surface area contributed by atoms with Gasteiger partial charge in [0.05, 0.1) is 6.61 Å². The second-order valence-corrected chi connectivity index (χ2v) is 8.95. The maximum atomic E-state index is 13.9. The topological polar surface area (TPSA) is 45.7 Å². The number of aromatic nitrogens is 1. The molecule has 164 valence electrons. The van der Waals surface area contributed by atoms with Gasteiger partial charge in [0.2, 0.25) is 0 Å². The first kappa shape index (κ1) is 20.9. The molecule has 5 rings (SSSR count). The highest BCUT2D eigenvalue weighted by molar-refractivity contribution is 5.88. The first-order valence-electron chi connectivity index (χ1n) is 11.3. The van der Waals surface area contributed by atoms with Gasteiger partial charge in [0, 0.05) is 51.0 Å². The number of hydrogen-bond acceptors (Lipinski definition) is 4. The number of amides is 1. The highest BCUT2D eigenvalue weighted by Crippen LogP contribution is 2.42. The fourth-order valence-corrected chi connectivity index (χ4v) is 5.14. The highest BCUT2D eigenvalue weighted by atomic mass is 16.5. The van der Waals surface area contributed by atoms with Gasteiger partial charge in [0.15, 0.2) is 5.60 Å². The van der Waals surface area contributed by atoms with Crippen molar-refractivity contribution in [1.29, 1.82) is 0 Å². The molecular weight excluding hydrogens is 398 g/mol. The van der Waals surface area contributed by atoms with Gasteiger partial charge in [0.1, 0.15) is 0 Å². The molecule has 0 N–H and O–H groups in total. The number of hydrogen-bond donors (Lipinski definition) is 0. The van der Waals surface area contributed by atoms with Gasteiger partial charge in [0.25, 0.3) is 5.91 Å². The van der Waals surface area contributed by atoms with Crippen molar-refractivity contribution in [3.63, 3.8) is 0 Å². The predicted molar refractivity (Wildman–Crippen MR) is 124 cm³/mol. The summed E-state index contributed by atoms with van der Waals surface area (Å²) in [5.74, 6) is 0.0419. The van der Waals surface area contributed by atoms with Crippen LogP contribution in [-0.4, -0.2) is 52.5 Å². The Labute approximate surface area is 189 Å². The third kappa shape index (κ3) is 4.06. The zero-order chi connectivity index (χ0) is 22.0. The Balaban J connectivity index is 1.45. The number of ether oxygens (including phenoxy) is 1. The van der Waals surface area contributed by atoms with Crippen molar-refractivity contribution in [2.45, 2.75) is 31.5 Å². The number of morpholine rings is 1. The molecule has 0 radical (unpaired) electrons. The van der Waals surface area contributed by atoms with E-state index in [0.717, 1.165) is 24.2 Å². The van der Waals surface area contributed by atoms with Gasteiger partial charge < -0.3 is 9.64 Å². The number of rotatable bonds is 5. The summed E-state index contributed by atoms with van der Waals surface area (Å²) in [6.07, 6.45) is 3.66. The van der Waals surface area contributed by atoms with Crippen molar-refractivity contribution < 1.29 is 9.53 Å². The lowest BCUT2D eigenvalue weighted by Gasteiger charge is -2.42. The molecule has 32 heavy (non-hydrogen) atoms. The fourth-order valence-electron chi connectivity index (χ4n) is 5.14. The van der Waals surface area contributed by atoms with E-state index in [-0.39, 0.29) is 11.8 Å². The van der Waals surface area contributed by atoms with Crippen molar-refractivity contribution in [2.24, 2.45) is 0 Å². The zero-order valence-electron chi connectivity index (χ0n) is 18.5. The second-order valence-electron chi connectivity index (χ2n) is 8.95. The molecule has 3 heterocycles. The van der Waals surface area contributed by atoms with Crippen LogP contribution in [0.4, 0.5) is 0 Å². The Morgan fingerprint density at radius 1 is 1.03 bits per heavy atom. The highest BCUT2D eigenvalue weighted by Gasteiger charge is 2.56. The first-order chi connectivity index (χ1) is 15.6. The maximum Gasteiger partial charge on any atom is 0.257 e. The number of likely N-dealkylation sites (tertiary alicyclic amines) is 1. The molecule has 5 heteroatoms. The Morgan fingerprint density at radius 3 is 2.66 bits per heavy atom. The fraction of sp³-hybridized carbons (Fsp3) is 0.333. The second kappa shape index (κ2) is 8.85. The van der Waals surface area contributed by atoms with Gasteiger partial charge in [-0.3, -0.25) is 14.7 Å². The normalized spacial score (nSPS) is 23.7. The van der Waals surface area contributed by atoms with Crippen molar-refractivity contribution in [2.75, 3.05) is 26.2 Å². The smallest absolute Gasteiger partial charge is 0.257 e. The maximum absolute atomic E-state index is 13.9. The summed E-state index contributed by atoms with van der Waals surface area (Å²) >= 11 is 0. The molecule has 0 saturated carbocycles. The van der Waals surface area contributed by atoms with Crippen LogP contribution in [0.15, 0.2) is 79.1 Å². The molecule has 2 aliphatic rings. The van der Waals surface area contributed by atoms with Gasteiger partial charge in [-0.1, -0.05) is 66.2 Å². The standard InChI is InChI=1S/C27H29N3O2/c1-21-7-5-10-23(15-21)17-29-19-25(24-11-6-12-28-16-24)27(20-29)26(31)30(13-14-32-27)18-22-8-3-2-4-9-22/h2-12,15-16,25H,13-14,17-20H2,1H3/t25-,27-/m0/s1. The van der Waals surface area contributed by atoms with Crippen LogP contribution in [0.3, 0.4) is 0 Å². The van der Waals surface area contributed by atoms with E-state index in [1.54, 1.807) is 6.20 Å². The first-order valence-corrected chi connectivity index (χ1v) is 11.3. The summed E-state index contributed by atoms with van der Waals surface area (Å²) in [7, 11) is 0. The molecule has 1 aromatic heterocycles. The van der Waals surface area contributed by atoms with Gasteiger partial charge >= 0.3 is 0 Å². The van der Waals surface area contributed by atoms with Crippen molar-refractivity contribution in [1.82, 2.24) is 14.8 Å². The van der Waals surface area contributed by atoms with E-state index in [0.29, 0.717) is 26.2 Å². The van der Waals surface area contributed by atoms with Gasteiger partial charge in [-0.25, -0.2) is 0 Å². The summed E-state index contributed by atoms with van der Waals surface area (Å²) in [6.45, 7) is 6.05. The summed E-state index contributed by atoms with van der Waals surface area (Å²) in [5.41, 5.74) is 3.84. The number of pyridine rings is 1. The molecule has 2 aromatic carbocycles. The average molecular weight is 428 g/mol. The van der Waals surface area contributed by atoms with Crippen LogP contribution in [0, 0.1) is 6.92 Å².